The summed E-state index contributed by atoms with van der Waals surface area (Å²) in [7, 11) is 0. The second kappa shape index (κ2) is 8.51. The predicted octanol–water partition coefficient (Wildman–Crippen LogP) is 4.20. The Labute approximate surface area is 115 Å². The van der Waals surface area contributed by atoms with Gasteiger partial charge in [-0.1, -0.05) is 20.8 Å². The van der Waals surface area contributed by atoms with Crippen LogP contribution in [0.25, 0.3) is 0 Å². The lowest BCUT2D eigenvalue weighted by Crippen LogP contribution is -2.03. The zero-order valence-corrected chi connectivity index (χ0v) is 12.0. The number of ether oxygens (including phenoxy) is 3. The van der Waals surface area contributed by atoms with E-state index in [0.29, 0.717) is 31.3 Å². The Hall–Kier alpha value is -1.58. The zero-order chi connectivity index (χ0) is 14.1. The molecular formula is C15H23O4. The Bertz CT molecular complexity index is 377. The van der Waals surface area contributed by atoms with Crippen molar-refractivity contribution in [1.29, 1.82) is 0 Å². The van der Waals surface area contributed by atoms with Crippen LogP contribution >= 0.6 is 0 Å². The van der Waals surface area contributed by atoms with Crippen LogP contribution in [0.15, 0.2) is 12.1 Å². The van der Waals surface area contributed by atoms with Crippen LogP contribution in [-0.4, -0.2) is 19.8 Å². The Morgan fingerprint density at radius 3 is 1.84 bits per heavy atom. The molecule has 1 aromatic rings. The third-order valence-electron chi connectivity index (χ3n) is 2.41. The first-order valence-corrected chi connectivity index (χ1v) is 6.96. The molecule has 1 rings (SSSR count). The fraction of sp³-hybridized carbons (Fsp3) is 0.600. The van der Waals surface area contributed by atoms with Crippen LogP contribution in [0.1, 0.15) is 40.0 Å². The molecule has 0 atom stereocenters. The first-order valence-electron chi connectivity index (χ1n) is 6.96. The first-order chi connectivity index (χ1) is 9.24. The van der Waals surface area contributed by atoms with Gasteiger partial charge in [-0.05, 0) is 31.4 Å². The van der Waals surface area contributed by atoms with Gasteiger partial charge in [-0.15, -0.1) is 0 Å². The van der Waals surface area contributed by atoms with E-state index in [9.17, 15) is 5.11 Å². The van der Waals surface area contributed by atoms with Crippen molar-refractivity contribution < 1.29 is 19.3 Å². The van der Waals surface area contributed by atoms with E-state index >= 15 is 0 Å². The van der Waals surface area contributed by atoms with E-state index in [0.717, 1.165) is 19.3 Å². The van der Waals surface area contributed by atoms with Gasteiger partial charge in [0.25, 0.3) is 5.75 Å². The van der Waals surface area contributed by atoms with Crippen LogP contribution in [0.2, 0.25) is 0 Å². The molecule has 0 aliphatic rings. The summed E-state index contributed by atoms with van der Waals surface area (Å²) in [4.78, 5) is 0. The van der Waals surface area contributed by atoms with Gasteiger partial charge in [0.2, 0.25) is 5.75 Å². The van der Waals surface area contributed by atoms with Gasteiger partial charge >= 0.3 is 0 Å². The van der Waals surface area contributed by atoms with E-state index in [1.807, 2.05) is 20.8 Å². The molecule has 4 nitrogen and oxygen atoms in total. The normalized spacial score (nSPS) is 10.3. The monoisotopic (exact) mass is 267 g/mol. The van der Waals surface area contributed by atoms with Crippen molar-refractivity contribution in [2.45, 2.75) is 40.0 Å². The second-order valence-electron chi connectivity index (χ2n) is 4.27. The maximum absolute atomic E-state index is 12.2. The third-order valence-corrected chi connectivity index (χ3v) is 2.41. The minimum Gasteiger partial charge on any atom is -0.490 e. The molecule has 1 aromatic carbocycles. The van der Waals surface area contributed by atoms with Crippen LogP contribution < -0.4 is 14.2 Å². The molecule has 107 valence electrons. The van der Waals surface area contributed by atoms with Crippen LogP contribution in [0, 0.1) is 0 Å². The molecule has 0 aliphatic heterocycles. The second-order valence-corrected chi connectivity index (χ2v) is 4.27. The number of hydrogen-bond acceptors (Lipinski definition) is 3. The Balaban J connectivity index is 2.94. The van der Waals surface area contributed by atoms with Crippen molar-refractivity contribution in [3.05, 3.63) is 12.1 Å². The molecule has 0 aromatic heterocycles. The van der Waals surface area contributed by atoms with E-state index in [4.69, 9.17) is 14.2 Å². The average Bonchev–Trinajstić information content (AvgIpc) is 2.43. The van der Waals surface area contributed by atoms with Crippen molar-refractivity contribution in [3.63, 3.8) is 0 Å². The van der Waals surface area contributed by atoms with Crippen LogP contribution in [0.4, 0.5) is 0 Å². The fourth-order valence-corrected chi connectivity index (χ4v) is 1.52. The molecule has 0 N–H and O–H groups in total. The Morgan fingerprint density at radius 1 is 0.789 bits per heavy atom. The molecule has 0 heterocycles. The van der Waals surface area contributed by atoms with Gasteiger partial charge in [0.1, 0.15) is 0 Å². The molecule has 0 saturated heterocycles. The molecular weight excluding hydrogens is 244 g/mol. The molecule has 0 fully saturated rings. The highest BCUT2D eigenvalue weighted by Crippen LogP contribution is 2.44. The SMILES string of the molecule is CCCOc1ccc(OCCC)c(OCCC)c1[O]. The summed E-state index contributed by atoms with van der Waals surface area (Å²) in [6, 6.07) is 3.40. The van der Waals surface area contributed by atoms with Crippen molar-refractivity contribution in [3.8, 4) is 23.0 Å². The van der Waals surface area contributed by atoms with Gasteiger partial charge in [0, 0.05) is 0 Å². The molecule has 0 bridgehead atoms. The largest absolute Gasteiger partial charge is 0.490 e. The van der Waals surface area contributed by atoms with Crippen molar-refractivity contribution in [2.24, 2.45) is 0 Å². The first kappa shape index (κ1) is 15.5. The lowest BCUT2D eigenvalue weighted by molar-refractivity contribution is 0.229. The van der Waals surface area contributed by atoms with Crippen molar-refractivity contribution >= 4 is 0 Å². The number of benzene rings is 1. The highest BCUT2D eigenvalue weighted by molar-refractivity contribution is 5.58. The average molecular weight is 267 g/mol. The van der Waals surface area contributed by atoms with Gasteiger partial charge in [-0.2, -0.15) is 0 Å². The highest BCUT2D eigenvalue weighted by atomic mass is 16.5. The van der Waals surface area contributed by atoms with E-state index < -0.39 is 0 Å². The summed E-state index contributed by atoms with van der Waals surface area (Å²) >= 11 is 0. The van der Waals surface area contributed by atoms with E-state index in [-0.39, 0.29) is 11.5 Å². The van der Waals surface area contributed by atoms with Gasteiger partial charge in [0.05, 0.1) is 19.8 Å². The Kier molecular flexibility index (Phi) is 6.93. The topological polar surface area (TPSA) is 47.6 Å². The standard InChI is InChI=1S/C15H23O4/c1-4-9-17-12-7-8-13(18-10-5-2)15(14(12)16)19-11-6-3/h7-8H,4-6,9-11H2,1-3H3. The molecule has 1 radical (unpaired) electrons. The Morgan fingerprint density at radius 2 is 1.26 bits per heavy atom. The van der Waals surface area contributed by atoms with Gasteiger partial charge in [-0.3, -0.25) is 5.11 Å². The maximum atomic E-state index is 12.2. The quantitative estimate of drug-likeness (QED) is 0.673. The summed E-state index contributed by atoms with van der Waals surface area (Å²) in [6.07, 6.45) is 2.58. The zero-order valence-electron chi connectivity index (χ0n) is 12.0. The molecule has 0 aliphatic carbocycles. The van der Waals surface area contributed by atoms with E-state index in [2.05, 4.69) is 0 Å². The van der Waals surface area contributed by atoms with Crippen molar-refractivity contribution in [2.75, 3.05) is 19.8 Å². The minimum absolute atomic E-state index is 0.226. The molecule has 0 saturated carbocycles. The predicted molar refractivity (Wildman–Crippen MR) is 73.9 cm³/mol. The summed E-state index contributed by atoms with van der Waals surface area (Å²) in [5.41, 5.74) is 0. The van der Waals surface area contributed by atoms with Gasteiger partial charge in [-0.25, -0.2) is 0 Å². The highest BCUT2D eigenvalue weighted by Gasteiger charge is 2.18. The molecule has 0 spiro atoms. The van der Waals surface area contributed by atoms with Gasteiger partial charge in [0.15, 0.2) is 11.5 Å². The van der Waals surface area contributed by atoms with Crippen molar-refractivity contribution in [1.82, 2.24) is 0 Å². The molecule has 0 amide bonds. The van der Waals surface area contributed by atoms with Crippen LogP contribution in [0.5, 0.6) is 23.0 Å². The van der Waals surface area contributed by atoms with Gasteiger partial charge < -0.3 is 14.2 Å². The van der Waals surface area contributed by atoms with Crippen LogP contribution in [0.3, 0.4) is 0 Å². The molecule has 19 heavy (non-hydrogen) atoms. The summed E-state index contributed by atoms with van der Waals surface area (Å²) < 4.78 is 16.5. The maximum Gasteiger partial charge on any atom is 0.265 e. The molecule has 0 unspecified atom stereocenters. The summed E-state index contributed by atoms with van der Waals surface area (Å²) in [6.45, 7) is 7.60. The van der Waals surface area contributed by atoms with E-state index in [1.165, 1.54) is 0 Å². The minimum atomic E-state index is -0.226. The molecule has 4 heteroatoms. The number of rotatable bonds is 9. The lowest BCUT2D eigenvalue weighted by atomic mass is 10.2. The lowest BCUT2D eigenvalue weighted by Gasteiger charge is -2.14. The summed E-state index contributed by atoms with van der Waals surface area (Å²) in [5, 5.41) is 12.2. The van der Waals surface area contributed by atoms with E-state index in [1.54, 1.807) is 12.1 Å². The van der Waals surface area contributed by atoms with Crippen LogP contribution in [-0.2, 0) is 5.11 Å². The number of hydrogen-bond donors (Lipinski definition) is 0. The fourth-order valence-electron chi connectivity index (χ4n) is 1.52. The summed E-state index contributed by atoms with van der Waals surface area (Å²) in [5.74, 6) is 0.875. The smallest absolute Gasteiger partial charge is 0.265 e. The third kappa shape index (κ3) is 4.54.